The quantitative estimate of drug-likeness (QED) is 0.231. The number of nitro groups is 1. The fraction of sp³-hybridized carbons (Fsp3) is 0.0435. The van der Waals surface area contributed by atoms with E-state index in [1.54, 1.807) is 42.5 Å². The van der Waals surface area contributed by atoms with Crippen LogP contribution in [0, 0.1) is 10.1 Å². The molecule has 0 amide bonds. The minimum Gasteiger partial charge on any atom is -0.457 e. The zero-order valence-corrected chi connectivity index (χ0v) is 16.4. The highest BCUT2D eigenvalue weighted by atomic mass is 35.5. The number of rotatable bonds is 5. The van der Waals surface area contributed by atoms with Crippen LogP contribution in [0.5, 0.6) is 0 Å². The van der Waals surface area contributed by atoms with Crippen LogP contribution in [0.1, 0.15) is 15.9 Å². The standard InChI is InChI=1S/C23H15ClN2O4/c24-17-11-9-15(10-12-17)21-13-19(18-6-2-3-7-20(18)25-21)23(27)30-14-16-5-1-4-8-22(16)26(28)29/h1-13H,14H2. The Morgan fingerprint density at radius 1 is 1.00 bits per heavy atom. The Hall–Kier alpha value is -3.77. The number of aromatic nitrogens is 1. The topological polar surface area (TPSA) is 82.3 Å². The number of esters is 1. The number of pyridine rings is 1. The molecule has 1 heterocycles. The van der Waals surface area contributed by atoms with E-state index in [9.17, 15) is 14.9 Å². The lowest BCUT2D eigenvalue weighted by atomic mass is 10.0. The van der Waals surface area contributed by atoms with Crippen LogP contribution in [0.15, 0.2) is 78.9 Å². The SMILES string of the molecule is O=C(OCc1ccccc1[N+](=O)[O-])c1cc(-c2ccc(Cl)cc2)nc2ccccc12. The molecule has 0 aliphatic rings. The van der Waals surface area contributed by atoms with Gasteiger partial charge in [-0.2, -0.15) is 0 Å². The van der Waals surface area contributed by atoms with E-state index in [4.69, 9.17) is 16.3 Å². The van der Waals surface area contributed by atoms with E-state index < -0.39 is 10.9 Å². The van der Waals surface area contributed by atoms with Crippen molar-refractivity contribution in [2.45, 2.75) is 6.61 Å². The molecule has 0 aliphatic carbocycles. The van der Waals surface area contributed by atoms with Gasteiger partial charge in [0.1, 0.15) is 6.61 Å². The van der Waals surface area contributed by atoms with E-state index in [0.29, 0.717) is 32.7 Å². The molecule has 1 aromatic heterocycles. The predicted octanol–water partition coefficient (Wildman–Crippen LogP) is 5.82. The summed E-state index contributed by atoms with van der Waals surface area (Å²) in [6.45, 7) is -0.205. The molecule has 4 rings (SSSR count). The number of ether oxygens (including phenoxy) is 1. The number of para-hydroxylation sites is 2. The van der Waals surface area contributed by atoms with E-state index >= 15 is 0 Å². The van der Waals surface area contributed by atoms with Crippen LogP contribution >= 0.6 is 11.6 Å². The lowest BCUT2D eigenvalue weighted by Gasteiger charge is -2.10. The summed E-state index contributed by atoms with van der Waals surface area (Å²) in [7, 11) is 0. The van der Waals surface area contributed by atoms with Gasteiger partial charge in [-0.05, 0) is 30.3 Å². The van der Waals surface area contributed by atoms with Crippen LogP contribution in [-0.2, 0) is 11.3 Å². The van der Waals surface area contributed by atoms with E-state index in [2.05, 4.69) is 4.98 Å². The van der Waals surface area contributed by atoms with Gasteiger partial charge in [0.05, 0.1) is 27.3 Å². The highest BCUT2D eigenvalue weighted by molar-refractivity contribution is 6.30. The maximum Gasteiger partial charge on any atom is 0.339 e. The molecule has 0 saturated carbocycles. The van der Waals surface area contributed by atoms with Crippen molar-refractivity contribution in [3.05, 3.63) is 105 Å². The van der Waals surface area contributed by atoms with Crippen LogP contribution in [0.25, 0.3) is 22.2 Å². The molecule has 0 radical (unpaired) electrons. The van der Waals surface area contributed by atoms with Crippen molar-refractivity contribution in [1.82, 2.24) is 4.98 Å². The first-order valence-electron chi connectivity index (χ1n) is 9.08. The summed E-state index contributed by atoms with van der Waals surface area (Å²) in [5, 5.41) is 12.4. The van der Waals surface area contributed by atoms with Gasteiger partial charge in [-0.15, -0.1) is 0 Å². The molecule has 0 atom stereocenters. The third-order valence-electron chi connectivity index (χ3n) is 4.62. The van der Waals surface area contributed by atoms with Crippen LogP contribution in [0.3, 0.4) is 0 Å². The fourth-order valence-electron chi connectivity index (χ4n) is 3.14. The van der Waals surface area contributed by atoms with Gasteiger partial charge in [0.2, 0.25) is 0 Å². The Labute approximate surface area is 176 Å². The number of hydrogen-bond donors (Lipinski definition) is 0. The van der Waals surface area contributed by atoms with E-state index in [1.165, 1.54) is 6.07 Å². The van der Waals surface area contributed by atoms with Crippen molar-refractivity contribution in [2.75, 3.05) is 0 Å². The van der Waals surface area contributed by atoms with Gasteiger partial charge >= 0.3 is 5.97 Å². The molecule has 3 aromatic carbocycles. The zero-order valence-electron chi connectivity index (χ0n) is 15.6. The highest BCUT2D eigenvalue weighted by Crippen LogP contribution is 2.27. The van der Waals surface area contributed by atoms with Crippen molar-refractivity contribution in [3.8, 4) is 11.3 Å². The average Bonchev–Trinajstić information content (AvgIpc) is 2.77. The molecule has 0 fully saturated rings. The van der Waals surface area contributed by atoms with Gasteiger partial charge in [-0.3, -0.25) is 10.1 Å². The Bertz CT molecular complexity index is 1260. The number of fused-ring (bicyclic) bond motifs is 1. The summed E-state index contributed by atoms with van der Waals surface area (Å²) in [4.78, 5) is 28.2. The van der Waals surface area contributed by atoms with Gasteiger partial charge < -0.3 is 4.74 Å². The number of benzene rings is 3. The molecule has 4 aromatic rings. The summed E-state index contributed by atoms with van der Waals surface area (Å²) in [5.41, 5.74) is 2.62. The lowest BCUT2D eigenvalue weighted by molar-refractivity contribution is -0.385. The molecule has 0 unspecified atom stereocenters. The van der Waals surface area contributed by atoms with Gasteiger partial charge in [0, 0.05) is 22.0 Å². The molecule has 148 valence electrons. The van der Waals surface area contributed by atoms with E-state index in [0.717, 1.165) is 5.56 Å². The first-order chi connectivity index (χ1) is 14.5. The van der Waals surface area contributed by atoms with Crippen LogP contribution < -0.4 is 0 Å². The van der Waals surface area contributed by atoms with Gasteiger partial charge in [0.15, 0.2) is 0 Å². The molecule has 0 saturated heterocycles. The van der Waals surface area contributed by atoms with Gasteiger partial charge in [-0.1, -0.05) is 54.1 Å². The second-order valence-electron chi connectivity index (χ2n) is 6.54. The number of carbonyl (C=O) groups is 1. The molecule has 30 heavy (non-hydrogen) atoms. The smallest absolute Gasteiger partial charge is 0.339 e. The van der Waals surface area contributed by atoms with Crippen molar-refractivity contribution >= 4 is 34.2 Å². The molecular formula is C23H15ClN2O4. The second-order valence-corrected chi connectivity index (χ2v) is 6.98. The fourth-order valence-corrected chi connectivity index (χ4v) is 3.27. The Kier molecular flexibility index (Phi) is 5.41. The van der Waals surface area contributed by atoms with Crippen molar-refractivity contribution in [1.29, 1.82) is 0 Å². The minimum atomic E-state index is -0.582. The first-order valence-corrected chi connectivity index (χ1v) is 9.46. The molecule has 0 bridgehead atoms. The number of nitrogens with zero attached hydrogens (tertiary/aromatic N) is 2. The molecule has 7 heteroatoms. The first kappa shape index (κ1) is 19.5. The van der Waals surface area contributed by atoms with Crippen molar-refractivity contribution in [2.24, 2.45) is 0 Å². The Balaban J connectivity index is 1.70. The van der Waals surface area contributed by atoms with Crippen molar-refractivity contribution in [3.63, 3.8) is 0 Å². The van der Waals surface area contributed by atoms with Crippen molar-refractivity contribution < 1.29 is 14.5 Å². The summed E-state index contributed by atoms with van der Waals surface area (Å²) < 4.78 is 5.43. The molecular weight excluding hydrogens is 404 g/mol. The Morgan fingerprint density at radius 3 is 2.47 bits per heavy atom. The number of carbonyl (C=O) groups excluding carboxylic acids is 1. The normalized spacial score (nSPS) is 10.7. The third-order valence-corrected chi connectivity index (χ3v) is 4.88. The van der Waals surface area contributed by atoms with E-state index in [-0.39, 0.29) is 12.3 Å². The van der Waals surface area contributed by atoms with Gasteiger partial charge in [-0.25, -0.2) is 9.78 Å². The van der Waals surface area contributed by atoms with Crippen LogP contribution in [0.2, 0.25) is 5.02 Å². The maximum atomic E-state index is 12.9. The third kappa shape index (κ3) is 3.99. The monoisotopic (exact) mass is 418 g/mol. The van der Waals surface area contributed by atoms with Gasteiger partial charge in [0.25, 0.3) is 5.69 Å². The largest absolute Gasteiger partial charge is 0.457 e. The molecule has 0 spiro atoms. The summed E-state index contributed by atoms with van der Waals surface area (Å²) in [5.74, 6) is -0.582. The minimum absolute atomic E-state index is 0.0910. The highest BCUT2D eigenvalue weighted by Gasteiger charge is 2.18. The maximum absolute atomic E-state index is 12.9. The summed E-state index contributed by atoms with van der Waals surface area (Å²) in [6, 6.07) is 22.2. The number of halogens is 1. The number of hydrogen-bond acceptors (Lipinski definition) is 5. The summed E-state index contributed by atoms with van der Waals surface area (Å²) >= 11 is 5.97. The average molecular weight is 419 g/mol. The predicted molar refractivity (Wildman–Crippen MR) is 114 cm³/mol. The number of nitro benzene ring substituents is 1. The summed E-state index contributed by atoms with van der Waals surface area (Å²) in [6.07, 6.45) is 0. The van der Waals surface area contributed by atoms with Crippen LogP contribution in [-0.4, -0.2) is 15.9 Å². The molecule has 0 N–H and O–H groups in total. The molecule has 6 nitrogen and oxygen atoms in total. The second kappa shape index (κ2) is 8.31. The molecule has 0 aliphatic heterocycles. The Morgan fingerprint density at radius 2 is 1.70 bits per heavy atom. The van der Waals surface area contributed by atoms with Crippen LogP contribution in [0.4, 0.5) is 5.69 Å². The van der Waals surface area contributed by atoms with E-state index in [1.807, 2.05) is 30.3 Å². The lowest BCUT2D eigenvalue weighted by Crippen LogP contribution is -2.08. The zero-order chi connectivity index (χ0) is 21.1.